The minimum absolute atomic E-state index is 0.173. The average Bonchev–Trinajstić information content (AvgIpc) is 3.11. The Hall–Kier alpha value is -3.03. The zero-order valence-corrected chi connectivity index (χ0v) is 33.1. The Bertz CT molecular complexity index is 1160. The highest BCUT2D eigenvalue weighted by Crippen LogP contribution is 2.36. The second-order valence-electron chi connectivity index (χ2n) is 12.6. The first-order chi connectivity index (χ1) is 25.3. The summed E-state index contributed by atoms with van der Waals surface area (Å²) in [5.41, 5.74) is 0. The number of carbonyl (C=O) groups is 2. The van der Waals surface area contributed by atoms with Gasteiger partial charge in [0, 0.05) is 12.8 Å². The molecule has 0 radical (unpaired) electrons. The Balaban J connectivity index is 4.09. The van der Waals surface area contributed by atoms with Gasteiger partial charge in [0.05, 0.1) is 6.61 Å². The number of hydrogen-bond donors (Lipinski definition) is 2. The zero-order chi connectivity index (χ0) is 38.2. The van der Waals surface area contributed by atoms with Gasteiger partial charge in [-0.15, -0.1) is 0 Å². The van der Waals surface area contributed by atoms with Crippen molar-refractivity contribution >= 4 is 19.8 Å². The van der Waals surface area contributed by atoms with Crippen molar-refractivity contribution in [2.75, 3.05) is 13.2 Å². The molecule has 0 heterocycles. The Morgan fingerprint density at radius 2 is 1.00 bits per heavy atom. The normalized spacial score (nSPS) is 13.5. The quantitative estimate of drug-likeness (QED) is 0.0220. The molecule has 0 bridgehead atoms. The topological polar surface area (TPSA) is 119 Å². The molecule has 0 spiro atoms. The number of esters is 2. The molecule has 0 rings (SSSR count). The van der Waals surface area contributed by atoms with Gasteiger partial charge in [-0.05, 0) is 83.5 Å². The highest BCUT2D eigenvalue weighted by molar-refractivity contribution is 7.46. The van der Waals surface area contributed by atoms with Crippen molar-refractivity contribution in [3.8, 4) is 0 Å². The van der Waals surface area contributed by atoms with Crippen LogP contribution in [0.4, 0.5) is 0 Å². The Kier molecular flexibility index (Phi) is 35.5. The minimum atomic E-state index is -4.77. The third kappa shape index (κ3) is 39.8. The highest BCUT2D eigenvalue weighted by Gasteiger charge is 2.22. The van der Waals surface area contributed by atoms with E-state index in [4.69, 9.17) is 19.3 Å². The summed E-state index contributed by atoms with van der Waals surface area (Å²) in [6, 6.07) is 0. The number of phosphoric ester groups is 1. The fraction of sp³-hybridized carbons (Fsp3) is 0.581. The van der Waals surface area contributed by atoms with Gasteiger partial charge in [-0.2, -0.15) is 0 Å². The molecule has 0 aromatic rings. The molecule has 0 aromatic carbocycles. The molecule has 294 valence electrons. The predicted molar refractivity (Wildman–Crippen MR) is 216 cm³/mol. The van der Waals surface area contributed by atoms with Gasteiger partial charge in [0.15, 0.2) is 6.10 Å². The first-order valence-electron chi connectivity index (χ1n) is 19.6. The second kappa shape index (κ2) is 37.7. The molecular formula is C43H69O8P. The van der Waals surface area contributed by atoms with E-state index in [1.54, 1.807) is 0 Å². The van der Waals surface area contributed by atoms with E-state index in [9.17, 15) is 14.2 Å². The maximum atomic E-state index is 12.3. The largest absolute Gasteiger partial charge is 0.469 e. The third-order valence-corrected chi connectivity index (χ3v) is 8.13. The summed E-state index contributed by atoms with van der Waals surface area (Å²) < 4.78 is 26.3. The number of hydrogen-bond acceptors (Lipinski definition) is 6. The predicted octanol–water partition coefficient (Wildman–Crippen LogP) is 11.8. The molecule has 9 heteroatoms. The summed E-state index contributed by atoms with van der Waals surface area (Å²) in [6.45, 7) is 3.44. The highest BCUT2D eigenvalue weighted by atomic mass is 31.2. The first kappa shape index (κ1) is 49.0. The van der Waals surface area contributed by atoms with Gasteiger partial charge < -0.3 is 19.3 Å². The molecular weight excluding hydrogens is 675 g/mol. The Morgan fingerprint density at radius 3 is 1.58 bits per heavy atom. The van der Waals surface area contributed by atoms with Gasteiger partial charge in [0.2, 0.25) is 0 Å². The molecule has 0 aliphatic heterocycles. The SMILES string of the molecule is CC/C=C/C=C/C=C/CCCCCCCC(=O)OC(COC(=O)CCCC/C=C/C/C=C/C/C=C/C/C=C/C/C=C/CCCCC)COP(=O)(O)O. The van der Waals surface area contributed by atoms with Crippen molar-refractivity contribution in [3.05, 3.63) is 97.2 Å². The number of phosphoric acid groups is 1. The number of ether oxygens (including phenoxy) is 2. The summed E-state index contributed by atoms with van der Waals surface area (Å²) in [7, 11) is -4.77. The Morgan fingerprint density at radius 1 is 0.538 bits per heavy atom. The summed E-state index contributed by atoms with van der Waals surface area (Å²) >= 11 is 0. The van der Waals surface area contributed by atoms with Crippen LogP contribution in [-0.4, -0.2) is 41.0 Å². The lowest BCUT2D eigenvalue weighted by atomic mass is 10.1. The van der Waals surface area contributed by atoms with E-state index in [1.807, 2.05) is 18.2 Å². The van der Waals surface area contributed by atoms with Crippen LogP contribution in [0.3, 0.4) is 0 Å². The number of rotatable bonds is 34. The number of unbranched alkanes of at least 4 members (excludes halogenated alkanes) is 10. The van der Waals surface area contributed by atoms with E-state index >= 15 is 0 Å². The maximum Gasteiger partial charge on any atom is 0.469 e. The minimum Gasteiger partial charge on any atom is -0.462 e. The molecule has 0 fully saturated rings. The summed E-state index contributed by atoms with van der Waals surface area (Å²) in [5.74, 6) is -0.971. The van der Waals surface area contributed by atoms with E-state index in [1.165, 1.54) is 25.7 Å². The van der Waals surface area contributed by atoms with Crippen LogP contribution in [0.1, 0.15) is 142 Å². The van der Waals surface area contributed by atoms with Crippen LogP contribution in [0.25, 0.3) is 0 Å². The van der Waals surface area contributed by atoms with Crippen LogP contribution in [0.2, 0.25) is 0 Å². The molecule has 0 aliphatic carbocycles. The first-order valence-corrected chi connectivity index (χ1v) is 21.1. The smallest absolute Gasteiger partial charge is 0.462 e. The van der Waals surface area contributed by atoms with E-state index in [-0.39, 0.29) is 19.4 Å². The van der Waals surface area contributed by atoms with Crippen LogP contribution in [-0.2, 0) is 28.2 Å². The fourth-order valence-corrected chi connectivity index (χ4v) is 5.10. The molecule has 1 unspecified atom stereocenters. The molecule has 0 saturated carbocycles. The standard InChI is InChI=1S/C43H69O8P/c1-3-5-7-9-11-13-15-17-18-19-20-21-22-23-24-26-27-29-31-33-35-37-42(44)49-39-41(40-50-52(46,47)48)51-43(45)38-36-34-32-30-28-25-16-14-12-10-8-6-4-2/h6,8,10-14,16-18,20-21,23-24,27,29,41H,3-5,7,9,15,19,22,25-26,28,30-40H2,1-2H3,(H2,46,47,48)/b8-6+,12-10+,13-11+,16-14+,18-17+,21-20+,24-23+,29-27+. The second-order valence-corrected chi connectivity index (χ2v) is 13.8. The van der Waals surface area contributed by atoms with Crippen molar-refractivity contribution < 1.29 is 37.9 Å². The van der Waals surface area contributed by atoms with E-state index in [2.05, 4.69) is 97.4 Å². The van der Waals surface area contributed by atoms with Gasteiger partial charge in [-0.1, -0.05) is 143 Å². The van der Waals surface area contributed by atoms with Crippen molar-refractivity contribution in [1.29, 1.82) is 0 Å². The zero-order valence-electron chi connectivity index (χ0n) is 32.2. The van der Waals surface area contributed by atoms with Crippen LogP contribution in [0.5, 0.6) is 0 Å². The molecule has 52 heavy (non-hydrogen) atoms. The molecule has 8 nitrogen and oxygen atoms in total. The van der Waals surface area contributed by atoms with Crippen LogP contribution in [0, 0.1) is 0 Å². The van der Waals surface area contributed by atoms with Crippen LogP contribution < -0.4 is 0 Å². The van der Waals surface area contributed by atoms with Gasteiger partial charge in [-0.3, -0.25) is 14.1 Å². The summed E-state index contributed by atoms with van der Waals surface area (Å²) in [4.78, 5) is 42.7. The third-order valence-electron chi connectivity index (χ3n) is 7.65. The van der Waals surface area contributed by atoms with Crippen molar-refractivity contribution in [2.24, 2.45) is 0 Å². The lowest BCUT2D eigenvalue weighted by Gasteiger charge is -2.18. The molecule has 0 aliphatic rings. The van der Waals surface area contributed by atoms with Gasteiger partial charge >= 0.3 is 19.8 Å². The van der Waals surface area contributed by atoms with Crippen molar-refractivity contribution in [3.63, 3.8) is 0 Å². The molecule has 2 N–H and O–H groups in total. The lowest BCUT2D eigenvalue weighted by Crippen LogP contribution is -2.29. The van der Waals surface area contributed by atoms with Gasteiger partial charge in [0.1, 0.15) is 6.61 Å². The van der Waals surface area contributed by atoms with E-state index in [0.29, 0.717) is 12.8 Å². The monoisotopic (exact) mass is 744 g/mol. The summed E-state index contributed by atoms with van der Waals surface area (Å²) in [5, 5.41) is 0. The van der Waals surface area contributed by atoms with Crippen molar-refractivity contribution in [2.45, 2.75) is 148 Å². The molecule has 1 atom stereocenters. The van der Waals surface area contributed by atoms with Crippen LogP contribution >= 0.6 is 7.82 Å². The van der Waals surface area contributed by atoms with Crippen LogP contribution in [0.15, 0.2) is 97.2 Å². The maximum absolute atomic E-state index is 12.3. The number of allylic oxidation sites excluding steroid dienone is 16. The lowest BCUT2D eigenvalue weighted by molar-refractivity contribution is -0.161. The molecule has 0 amide bonds. The fourth-order valence-electron chi connectivity index (χ4n) is 4.74. The number of carbonyl (C=O) groups excluding carboxylic acids is 2. The van der Waals surface area contributed by atoms with E-state index in [0.717, 1.165) is 77.0 Å². The summed E-state index contributed by atoms with van der Waals surface area (Å²) in [6.07, 6.45) is 51.3. The average molecular weight is 745 g/mol. The van der Waals surface area contributed by atoms with Crippen molar-refractivity contribution in [1.82, 2.24) is 0 Å². The van der Waals surface area contributed by atoms with Gasteiger partial charge in [-0.25, -0.2) is 4.57 Å². The van der Waals surface area contributed by atoms with Gasteiger partial charge in [0.25, 0.3) is 0 Å². The Labute approximate surface area is 315 Å². The molecule has 0 aromatic heterocycles. The van der Waals surface area contributed by atoms with E-state index < -0.39 is 32.5 Å². The molecule has 0 saturated heterocycles.